The van der Waals surface area contributed by atoms with E-state index in [1.807, 2.05) is 35.2 Å². The van der Waals surface area contributed by atoms with Crippen LogP contribution < -0.4 is 4.90 Å². The second-order valence-electron chi connectivity index (χ2n) is 3.96. The molecule has 0 amide bonds. The molecule has 0 N–H and O–H groups in total. The highest BCUT2D eigenvalue weighted by atomic mass is 15.2. The largest absolute Gasteiger partial charge is 0.339 e. The number of nitriles is 2. The van der Waals surface area contributed by atoms with Crippen molar-refractivity contribution in [3.05, 3.63) is 30.3 Å². The average Bonchev–Trinajstić information content (AvgIpc) is 2.38. The van der Waals surface area contributed by atoms with Crippen LogP contribution in [0, 0.1) is 22.7 Å². The van der Waals surface area contributed by atoms with Crippen molar-refractivity contribution >= 4 is 5.69 Å². The van der Waals surface area contributed by atoms with Crippen LogP contribution in [0.2, 0.25) is 0 Å². The van der Waals surface area contributed by atoms with Crippen molar-refractivity contribution in [1.29, 1.82) is 10.5 Å². The van der Waals surface area contributed by atoms with Crippen LogP contribution in [-0.2, 0) is 0 Å². The Hall–Kier alpha value is -2.00. The highest BCUT2D eigenvalue weighted by Crippen LogP contribution is 2.28. The molecular weight excluding hydrogens is 198 g/mol. The molecule has 2 unspecified atom stereocenters. The van der Waals surface area contributed by atoms with E-state index >= 15 is 0 Å². The van der Waals surface area contributed by atoms with E-state index in [4.69, 9.17) is 10.5 Å². The van der Waals surface area contributed by atoms with E-state index in [0.29, 0.717) is 0 Å². The summed E-state index contributed by atoms with van der Waals surface area (Å²) in [6, 6.07) is 14.0. The Labute approximate surface area is 95.5 Å². The fraction of sp³-hybridized carbons (Fsp3) is 0.385. The molecule has 0 aliphatic carbocycles. The van der Waals surface area contributed by atoms with Crippen molar-refractivity contribution < 1.29 is 0 Å². The summed E-state index contributed by atoms with van der Waals surface area (Å²) in [4.78, 5) is 1.95. The number of benzene rings is 1. The van der Waals surface area contributed by atoms with E-state index in [9.17, 15) is 0 Å². The maximum atomic E-state index is 9.13. The minimum atomic E-state index is -0.166. The molecule has 0 saturated carbocycles. The summed E-state index contributed by atoms with van der Waals surface area (Å²) >= 11 is 0. The lowest BCUT2D eigenvalue weighted by molar-refractivity contribution is 0.472. The van der Waals surface area contributed by atoms with Crippen molar-refractivity contribution in [2.75, 3.05) is 4.90 Å². The van der Waals surface area contributed by atoms with Gasteiger partial charge in [-0.05, 0) is 31.4 Å². The van der Waals surface area contributed by atoms with Crippen LogP contribution in [0.4, 0.5) is 5.69 Å². The summed E-state index contributed by atoms with van der Waals surface area (Å²) < 4.78 is 0. The first-order chi connectivity index (χ1) is 7.86. The summed E-state index contributed by atoms with van der Waals surface area (Å²) in [6.07, 6.45) is 2.66. The topological polar surface area (TPSA) is 50.8 Å². The van der Waals surface area contributed by atoms with Crippen LogP contribution in [0.5, 0.6) is 0 Å². The van der Waals surface area contributed by atoms with Gasteiger partial charge in [-0.3, -0.25) is 0 Å². The third-order valence-electron chi connectivity index (χ3n) is 2.98. The zero-order valence-electron chi connectivity index (χ0n) is 9.00. The molecule has 1 aromatic rings. The lowest BCUT2D eigenvalue weighted by Gasteiger charge is -2.37. The lowest BCUT2D eigenvalue weighted by Crippen LogP contribution is -2.45. The van der Waals surface area contributed by atoms with Gasteiger partial charge >= 0.3 is 0 Å². The molecule has 3 nitrogen and oxygen atoms in total. The first kappa shape index (κ1) is 10.5. The normalized spacial score (nSPS) is 24.5. The number of rotatable bonds is 1. The number of nitrogens with zero attached hydrogens (tertiary/aromatic N) is 3. The maximum Gasteiger partial charge on any atom is 0.118 e. The van der Waals surface area contributed by atoms with Crippen molar-refractivity contribution in [3.63, 3.8) is 0 Å². The third kappa shape index (κ3) is 1.85. The van der Waals surface area contributed by atoms with Gasteiger partial charge in [0.05, 0.1) is 12.1 Å². The van der Waals surface area contributed by atoms with Gasteiger partial charge in [-0.15, -0.1) is 0 Å². The van der Waals surface area contributed by atoms with Crippen molar-refractivity contribution in [3.8, 4) is 12.1 Å². The third-order valence-corrected chi connectivity index (χ3v) is 2.98. The van der Waals surface area contributed by atoms with E-state index in [2.05, 4.69) is 12.1 Å². The first-order valence-corrected chi connectivity index (χ1v) is 5.49. The Morgan fingerprint density at radius 1 is 1.00 bits per heavy atom. The highest BCUT2D eigenvalue weighted by Gasteiger charge is 2.30. The van der Waals surface area contributed by atoms with Crippen molar-refractivity contribution in [1.82, 2.24) is 0 Å². The Bertz CT molecular complexity index is 405. The minimum absolute atomic E-state index is 0.166. The molecule has 1 heterocycles. The summed E-state index contributed by atoms with van der Waals surface area (Å²) in [5.74, 6) is 0. The van der Waals surface area contributed by atoms with Crippen LogP contribution in [0.15, 0.2) is 30.3 Å². The predicted molar refractivity (Wildman–Crippen MR) is 61.6 cm³/mol. The molecule has 0 aromatic heterocycles. The SMILES string of the molecule is N#CC1CCCC(C#N)N1c1ccccc1. The van der Waals surface area contributed by atoms with Crippen LogP contribution in [0.3, 0.4) is 0 Å². The van der Waals surface area contributed by atoms with Gasteiger partial charge in [0.25, 0.3) is 0 Å². The Morgan fingerprint density at radius 2 is 1.56 bits per heavy atom. The van der Waals surface area contributed by atoms with Crippen LogP contribution >= 0.6 is 0 Å². The molecule has 3 heteroatoms. The van der Waals surface area contributed by atoms with Gasteiger partial charge in [-0.2, -0.15) is 10.5 Å². The molecule has 1 saturated heterocycles. The van der Waals surface area contributed by atoms with E-state index < -0.39 is 0 Å². The van der Waals surface area contributed by atoms with Gasteiger partial charge in [0.2, 0.25) is 0 Å². The van der Waals surface area contributed by atoms with Crippen LogP contribution in [0.1, 0.15) is 19.3 Å². The predicted octanol–water partition coefficient (Wildman–Crippen LogP) is 2.46. The summed E-state index contributed by atoms with van der Waals surface area (Å²) in [6.45, 7) is 0. The van der Waals surface area contributed by atoms with E-state index in [0.717, 1.165) is 24.9 Å². The molecule has 2 rings (SSSR count). The maximum absolute atomic E-state index is 9.13. The zero-order chi connectivity index (χ0) is 11.4. The lowest BCUT2D eigenvalue weighted by atomic mass is 9.96. The quantitative estimate of drug-likeness (QED) is 0.717. The van der Waals surface area contributed by atoms with Gasteiger partial charge < -0.3 is 4.90 Å². The van der Waals surface area contributed by atoms with E-state index in [1.165, 1.54) is 0 Å². The smallest absolute Gasteiger partial charge is 0.118 e. The highest BCUT2D eigenvalue weighted by molar-refractivity contribution is 5.51. The molecular formula is C13H13N3. The van der Waals surface area contributed by atoms with Gasteiger partial charge in [0.15, 0.2) is 0 Å². The second kappa shape index (κ2) is 4.68. The van der Waals surface area contributed by atoms with Gasteiger partial charge in [0, 0.05) is 5.69 Å². The number of hydrogen-bond donors (Lipinski definition) is 0. The van der Waals surface area contributed by atoms with E-state index in [-0.39, 0.29) is 12.1 Å². The summed E-state index contributed by atoms with van der Waals surface area (Å²) in [5.41, 5.74) is 0.973. The van der Waals surface area contributed by atoms with Crippen LogP contribution in [0.25, 0.3) is 0 Å². The van der Waals surface area contributed by atoms with Crippen LogP contribution in [-0.4, -0.2) is 12.1 Å². The van der Waals surface area contributed by atoms with Gasteiger partial charge in [-0.25, -0.2) is 0 Å². The molecule has 0 bridgehead atoms. The fourth-order valence-electron chi connectivity index (χ4n) is 2.21. The summed E-state index contributed by atoms with van der Waals surface area (Å²) in [7, 11) is 0. The van der Waals surface area contributed by atoms with Crippen molar-refractivity contribution in [2.45, 2.75) is 31.3 Å². The monoisotopic (exact) mass is 211 g/mol. The Morgan fingerprint density at radius 3 is 2.06 bits per heavy atom. The number of piperidine rings is 1. The molecule has 1 aliphatic heterocycles. The zero-order valence-corrected chi connectivity index (χ0v) is 9.00. The Kier molecular flexibility index (Phi) is 3.08. The first-order valence-electron chi connectivity index (χ1n) is 5.49. The summed E-state index contributed by atoms with van der Waals surface area (Å²) in [5, 5.41) is 18.3. The van der Waals surface area contributed by atoms with Gasteiger partial charge in [-0.1, -0.05) is 18.2 Å². The van der Waals surface area contributed by atoms with E-state index in [1.54, 1.807) is 0 Å². The molecule has 80 valence electrons. The molecule has 16 heavy (non-hydrogen) atoms. The average molecular weight is 211 g/mol. The van der Waals surface area contributed by atoms with Crippen molar-refractivity contribution in [2.24, 2.45) is 0 Å². The second-order valence-corrected chi connectivity index (χ2v) is 3.96. The number of para-hydroxylation sites is 1. The van der Waals surface area contributed by atoms with Gasteiger partial charge in [0.1, 0.15) is 12.1 Å². The molecule has 1 aromatic carbocycles. The Balaban J connectivity index is 2.34. The minimum Gasteiger partial charge on any atom is -0.339 e. The molecule has 0 radical (unpaired) electrons. The molecule has 2 atom stereocenters. The molecule has 1 fully saturated rings. The number of hydrogen-bond acceptors (Lipinski definition) is 3. The fourth-order valence-corrected chi connectivity index (χ4v) is 2.21. The molecule has 0 spiro atoms. The standard InChI is InChI=1S/C13H13N3/c14-9-12-7-4-8-13(10-15)16(12)11-5-2-1-3-6-11/h1-3,5-6,12-13H,4,7-8H2. The molecule has 1 aliphatic rings. The number of anilines is 1.